The zero-order valence-electron chi connectivity index (χ0n) is 18.6. The van der Waals surface area contributed by atoms with E-state index in [1.54, 1.807) is 13.8 Å². The van der Waals surface area contributed by atoms with Gasteiger partial charge in [-0.3, -0.25) is 0 Å². The van der Waals surface area contributed by atoms with Gasteiger partial charge in [-0.05, 0) is 50.2 Å². The molecule has 1 fully saturated rings. The molecule has 1 unspecified atom stereocenters. The van der Waals surface area contributed by atoms with Crippen molar-refractivity contribution in [3.8, 4) is 0 Å². The van der Waals surface area contributed by atoms with Crippen LogP contribution in [0.25, 0.3) is 0 Å². The molecule has 0 radical (unpaired) electrons. The van der Waals surface area contributed by atoms with Crippen LogP contribution < -0.4 is 10.2 Å². The second-order valence-electron chi connectivity index (χ2n) is 8.75. The largest absolute Gasteiger partial charge is 0.367 e. The Kier molecular flexibility index (Phi) is 7.27. The third kappa shape index (κ3) is 5.08. The number of anilines is 2. The summed E-state index contributed by atoms with van der Waals surface area (Å²) in [4.78, 5) is 10.4. The van der Waals surface area contributed by atoms with Crippen molar-refractivity contribution in [2.45, 2.75) is 71.5 Å². The minimum Gasteiger partial charge on any atom is -0.367 e. The van der Waals surface area contributed by atoms with Crippen LogP contribution >= 0.6 is 0 Å². The fraction of sp³-hybridized carbons (Fsp3) is 0.583. The number of hydrogen-bond donors (Lipinski definition) is 1. The highest BCUT2D eigenvalue weighted by Gasteiger charge is 2.30. The van der Waals surface area contributed by atoms with Crippen LogP contribution in [0.2, 0.25) is 0 Å². The van der Waals surface area contributed by atoms with Gasteiger partial charge in [0.2, 0.25) is 5.82 Å². The number of hydrogen-bond acceptors (Lipinski definition) is 4. The minimum absolute atomic E-state index is 0.0301. The van der Waals surface area contributed by atoms with E-state index in [-0.39, 0.29) is 11.9 Å². The predicted octanol–water partition coefficient (Wildman–Crippen LogP) is 6.40. The van der Waals surface area contributed by atoms with Crippen LogP contribution in [0.4, 0.5) is 20.4 Å². The molecule has 1 N–H and O–H groups in total. The highest BCUT2D eigenvalue weighted by molar-refractivity contribution is 5.53. The van der Waals surface area contributed by atoms with E-state index in [4.69, 9.17) is 0 Å². The van der Waals surface area contributed by atoms with Crippen LogP contribution in [0.3, 0.4) is 0 Å². The highest BCUT2D eigenvalue weighted by Crippen LogP contribution is 2.38. The Labute approximate surface area is 179 Å². The lowest BCUT2D eigenvalue weighted by molar-refractivity contribution is 0.221. The molecule has 3 rings (SSSR count). The maximum atomic E-state index is 15.3. The number of rotatable bonds is 9. The molecular weight excluding hydrogens is 382 g/mol. The molecule has 1 saturated heterocycles. The summed E-state index contributed by atoms with van der Waals surface area (Å²) < 4.78 is 29.5. The number of nitrogens with zero attached hydrogens (tertiary/aromatic N) is 3. The third-order valence-corrected chi connectivity index (χ3v) is 6.11. The van der Waals surface area contributed by atoms with Crippen LogP contribution in [0.5, 0.6) is 0 Å². The van der Waals surface area contributed by atoms with E-state index in [1.807, 2.05) is 29.2 Å². The lowest BCUT2D eigenvalue weighted by atomic mass is 9.96. The molecule has 30 heavy (non-hydrogen) atoms. The molecule has 2 atom stereocenters. The molecule has 1 aliphatic rings. The number of nitrogens with one attached hydrogen (secondary N) is 1. The van der Waals surface area contributed by atoms with Gasteiger partial charge in [-0.1, -0.05) is 51.0 Å². The van der Waals surface area contributed by atoms with Gasteiger partial charge in [0.1, 0.15) is 12.0 Å². The summed E-state index contributed by atoms with van der Waals surface area (Å²) in [5.41, 5.74) is 0.330. The van der Waals surface area contributed by atoms with Gasteiger partial charge in [0.15, 0.2) is 11.6 Å². The zero-order chi connectivity index (χ0) is 21.7. The number of alkyl halides is 1. The Morgan fingerprint density at radius 1 is 1.20 bits per heavy atom. The van der Waals surface area contributed by atoms with E-state index < -0.39 is 11.5 Å². The summed E-state index contributed by atoms with van der Waals surface area (Å²) in [5.74, 6) is 0.728. The van der Waals surface area contributed by atoms with Crippen molar-refractivity contribution >= 4 is 11.6 Å². The van der Waals surface area contributed by atoms with Gasteiger partial charge in [0, 0.05) is 13.1 Å². The molecule has 1 aromatic carbocycles. The SMILES string of the molecule is CCCC(CC)CNc1ncnc(N2CCC[C@@H]2c2ccc(C(C)(C)F)cc2)c1F. The Bertz CT molecular complexity index is 817. The predicted molar refractivity (Wildman–Crippen MR) is 119 cm³/mol. The minimum atomic E-state index is -1.37. The Morgan fingerprint density at radius 2 is 1.93 bits per heavy atom. The van der Waals surface area contributed by atoms with E-state index in [1.165, 1.54) is 6.33 Å². The number of benzene rings is 1. The maximum absolute atomic E-state index is 15.3. The van der Waals surface area contributed by atoms with Crippen LogP contribution in [0.15, 0.2) is 30.6 Å². The second kappa shape index (κ2) is 9.71. The molecule has 2 aromatic rings. The molecule has 1 aliphatic heterocycles. The molecule has 0 bridgehead atoms. The Balaban J connectivity index is 1.79. The van der Waals surface area contributed by atoms with Crippen molar-refractivity contribution in [3.63, 3.8) is 0 Å². The van der Waals surface area contributed by atoms with Crippen LogP contribution in [0.1, 0.15) is 77.0 Å². The smallest absolute Gasteiger partial charge is 0.207 e. The second-order valence-corrected chi connectivity index (χ2v) is 8.75. The van der Waals surface area contributed by atoms with Gasteiger partial charge in [0.25, 0.3) is 0 Å². The van der Waals surface area contributed by atoms with Crippen LogP contribution in [-0.2, 0) is 5.67 Å². The topological polar surface area (TPSA) is 41.1 Å². The van der Waals surface area contributed by atoms with Crippen molar-refractivity contribution in [2.24, 2.45) is 5.92 Å². The summed E-state index contributed by atoms with van der Waals surface area (Å²) in [5, 5.41) is 3.20. The Hall–Kier alpha value is -2.24. The summed E-state index contributed by atoms with van der Waals surface area (Å²) in [7, 11) is 0. The molecule has 0 spiro atoms. The third-order valence-electron chi connectivity index (χ3n) is 6.11. The number of aromatic nitrogens is 2. The van der Waals surface area contributed by atoms with Gasteiger partial charge in [-0.15, -0.1) is 0 Å². The molecule has 0 amide bonds. The monoisotopic (exact) mass is 416 g/mol. The highest BCUT2D eigenvalue weighted by atomic mass is 19.1. The average molecular weight is 417 g/mol. The molecule has 2 heterocycles. The molecule has 4 nitrogen and oxygen atoms in total. The summed E-state index contributed by atoms with van der Waals surface area (Å²) >= 11 is 0. The molecule has 164 valence electrons. The van der Waals surface area contributed by atoms with Crippen LogP contribution in [-0.4, -0.2) is 23.1 Å². The normalized spacial score (nSPS) is 17.9. The first-order valence-corrected chi connectivity index (χ1v) is 11.2. The van der Waals surface area contributed by atoms with E-state index >= 15 is 4.39 Å². The first-order chi connectivity index (χ1) is 14.3. The molecule has 6 heteroatoms. The van der Waals surface area contributed by atoms with E-state index in [0.29, 0.717) is 23.8 Å². The zero-order valence-corrected chi connectivity index (χ0v) is 18.6. The summed E-state index contributed by atoms with van der Waals surface area (Å²) in [6.45, 7) is 8.88. The fourth-order valence-electron chi connectivity index (χ4n) is 4.25. The molecule has 0 aliphatic carbocycles. The molecule has 1 aromatic heterocycles. The lowest BCUT2D eigenvalue weighted by Gasteiger charge is -2.27. The average Bonchev–Trinajstić information content (AvgIpc) is 3.21. The van der Waals surface area contributed by atoms with Gasteiger partial charge in [0.05, 0.1) is 6.04 Å². The van der Waals surface area contributed by atoms with Crippen molar-refractivity contribution < 1.29 is 8.78 Å². The molecular formula is C24H34F2N4. The first kappa shape index (κ1) is 22.4. The van der Waals surface area contributed by atoms with Gasteiger partial charge in [-0.2, -0.15) is 4.39 Å². The van der Waals surface area contributed by atoms with Crippen molar-refractivity contribution in [1.29, 1.82) is 0 Å². The van der Waals surface area contributed by atoms with E-state index in [0.717, 1.165) is 44.2 Å². The summed E-state index contributed by atoms with van der Waals surface area (Å²) in [6.07, 6.45) is 6.60. The standard InChI is InChI=1S/C24H34F2N4/c1-5-8-17(6-2)15-27-22-21(25)23(29-16-28-22)30-14-7-9-20(30)18-10-12-19(13-11-18)24(3,4)26/h10-13,16-17,20H,5-9,14-15H2,1-4H3,(H,27,28,29)/t17?,20-/m1/s1. The quantitative estimate of drug-likeness (QED) is 0.513. The van der Waals surface area contributed by atoms with Gasteiger partial charge < -0.3 is 10.2 Å². The lowest BCUT2D eigenvalue weighted by Crippen LogP contribution is -2.26. The van der Waals surface area contributed by atoms with Gasteiger partial charge in [-0.25, -0.2) is 14.4 Å². The number of halogens is 2. The van der Waals surface area contributed by atoms with Gasteiger partial charge >= 0.3 is 0 Å². The maximum Gasteiger partial charge on any atom is 0.207 e. The van der Waals surface area contributed by atoms with Crippen molar-refractivity contribution in [3.05, 3.63) is 47.5 Å². The summed E-state index contributed by atoms with van der Waals surface area (Å²) in [6, 6.07) is 7.59. The first-order valence-electron chi connectivity index (χ1n) is 11.2. The van der Waals surface area contributed by atoms with Crippen LogP contribution in [0, 0.1) is 11.7 Å². The van der Waals surface area contributed by atoms with E-state index in [9.17, 15) is 4.39 Å². The Morgan fingerprint density at radius 3 is 2.57 bits per heavy atom. The van der Waals surface area contributed by atoms with E-state index in [2.05, 4.69) is 29.1 Å². The molecule has 0 saturated carbocycles. The van der Waals surface area contributed by atoms with Crippen molar-refractivity contribution in [1.82, 2.24) is 9.97 Å². The fourth-order valence-corrected chi connectivity index (χ4v) is 4.25. The van der Waals surface area contributed by atoms with Crippen molar-refractivity contribution in [2.75, 3.05) is 23.3 Å².